The summed E-state index contributed by atoms with van der Waals surface area (Å²) in [5.74, 6) is 0.679. The number of carbonyl (C=O) groups excluding carboxylic acids is 1. The minimum absolute atomic E-state index is 0.0611. The van der Waals surface area contributed by atoms with Crippen LogP contribution in [0.1, 0.15) is 32.6 Å². The highest BCUT2D eigenvalue weighted by Crippen LogP contribution is 2.23. The SMILES string of the molecule is C=CCN(CCO)C(=O)NC1CCCC(S(=O)CC)C1. The number of aliphatic hydroxyl groups excluding tert-OH is 1. The average Bonchev–Trinajstić information content (AvgIpc) is 2.46. The third-order valence-electron chi connectivity index (χ3n) is 3.62. The number of carbonyl (C=O) groups is 1. The normalized spacial score (nSPS) is 23.9. The summed E-state index contributed by atoms with van der Waals surface area (Å²) in [5, 5.41) is 12.2. The topological polar surface area (TPSA) is 69.6 Å². The first-order chi connectivity index (χ1) is 9.62. The lowest BCUT2D eigenvalue weighted by atomic mass is 9.95. The molecule has 2 amide bonds. The molecule has 5 nitrogen and oxygen atoms in total. The predicted molar refractivity (Wildman–Crippen MR) is 82.1 cm³/mol. The van der Waals surface area contributed by atoms with Crippen LogP contribution in [0.3, 0.4) is 0 Å². The Morgan fingerprint density at radius 2 is 2.30 bits per heavy atom. The summed E-state index contributed by atoms with van der Waals surface area (Å²) >= 11 is 0. The summed E-state index contributed by atoms with van der Waals surface area (Å²) in [4.78, 5) is 13.7. The van der Waals surface area contributed by atoms with Gasteiger partial charge in [-0.05, 0) is 19.3 Å². The maximum atomic E-state index is 12.1. The van der Waals surface area contributed by atoms with E-state index in [0.717, 1.165) is 25.7 Å². The standard InChI is InChI=1S/C14H26N2O3S/c1-3-8-16(9-10-17)14(18)15-12-6-5-7-13(11-12)20(19)4-2/h3,12-13,17H,1,4-11H2,2H3,(H,15,18). The molecular formula is C14H26N2O3S. The van der Waals surface area contributed by atoms with Crippen LogP contribution in [0.2, 0.25) is 0 Å². The van der Waals surface area contributed by atoms with E-state index in [1.54, 1.807) is 6.08 Å². The highest BCUT2D eigenvalue weighted by molar-refractivity contribution is 7.85. The first kappa shape index (κ1) is 17.2. The number of hydrogen-bond donors (Lipinski definition) is 2. The van der Waals surface area contributed by atoms with Gasteiger partial charge in [0.05, 0.1) is 6.61 Å². The van der Waals surface area contributed by atoms with Gasteiger partial charge in [-0.2, -0.15) is 0 Å². The van der Waals surface area contributed by atoms with Crippen molar-refractivity contribution in [2.45, 2.75) is 43.9 Å². The second-order valence-electron chi connectivity index (χ2n) is 5.06. The van der Waals surface area contributed by atoms with Crippen molar-refractivity contribution in [2.24, 2.45) is 0 Å². The first-order valence-corrected chi connectivity index (χ1v) is 8.64. The molecule has 0 bridgehead atoms. The van der Waals surface area contributed by atoms with Crippen molar-refractivity contribution in [3.63, 3.8) is 0 Å². The molecule has 3 unspecified atom stereocenters. The van der Waals surface area contributed by atoms with Crippen LogP contribution in [0.15, 0.2) is 12.7 Å². The van der Waals surface area contributed by atoms with Gasteiger partial charge in [0, 0.05) is 40.9 Å². The zero-order valence-corrected chi connectivity index (χ0v) is 13.0. The van der Waals surface area contributed by atoms with E-state index in [1.165, 1.54) is 4.90 Å². The molecule has 1 aliphatic carbocycles. The van der Waals surface area contributed by atoms with Crippen molar-refractivity contribution >= 4 is 16.8 Å². The van der Waals surface area contributed by atoms with Gasteiger partial charge in [-0.15, -0.1) is 6.58 Å². The number of hydrogen-bond acceptors (Lipinski definition) is 3. The van der Waals surface area contributed by atoms with Gasteiger partial charge < -0.3 is 15.3 Å². The lowest BCUT2D eigenvalue weighted by Gasteiger charge is -2.31. The second-order valence-corrected chi connectivity index (χ2v) is 7.07. The summed E-state index contributed by atoms with van der Waals surface area (Å²) < 4.78 is 11.9. The zero-order valence-electron chi connectivity index (χ0n) is 12.2. The van der Waals surface area contributed by atoms with E-state index < -0.39 is 10.8 Å². The fourth-order valence-electron chi connectivity index (χ4n) is 2.57. The van der Waals surface area contributed by atoms with Crippen molar-refractivity contribution < 1.29 is 14.1 Å². The van der Waals surface area contributed by atoms with Gasteiger partial charge in [0.15, 0.2) is 0 Å². The van der Waals surface area contributed by atoms with E-state index in [1.807, 2.05) is 6.92 Å². The summed E-state index contributed by atoms with van der Waals surface area (Å²) in [6, 6.07) is -0.0883. The quantitative estimate of drug-likeness (QED) is 0.696. The molecule has 0 radical (unpaired) electrons. The number of urea groups is 1. The maximum Gasteiger partial charge on any atom is 0.317 e. The highest BCUT2D eigenvalue weighted by Gasteiger charge is 2.27. The Bertz CT molecular complexity index is 349. The third-order valence-corrected chi connectivity index (χ3v) is 5.36. The Hall–Kier alpha value is -0.880. The molecule has 1 saturated carbocycles. The van der Waals surface area contributed by atoms with Crippen LogP contribution in [0.5, 0.6) is 0 Å². The second kappa shape index (κ2) is 9.13. The first-order valence-electron chi connectivity index (χ1n) is 7.26. The fraction of sp³-hybridized carbons (Fsp3) is 0.786. The number of aliphatic hydroxyl groups is 1. The predicted octanol–water partition coefficient (Wildman–Crippen LogP) is 1.26. The van der Waals surface area contributed by atoms with E-state index in [-0.39, 0.29) is 23.9 Å². The molecule has 1 aliphatic rings. The minimum atomic E-state index is -0.788. The Labute approximate surface area is 123 Å². The van der Waals surface area contributed by atoms with Crippen LogP contribution in [0.25, 0.3) is 0 Å². The van der Waals surface area contributed by atoms with Crippen molar-refractivity contribution in [3.8, 4) is 0 Å². The van der Waals surface area contributed by atoms with Crippen molar-refractivity contribution in [1.29, 1.82) is 0 Å². The van der Waals surface area contributed by atoms with Gasteiger partial charge in [-0.25, -0.2) is 4.79 Å². The molecule has 0 aliphatic heterocycles. The minimum Gasteiger partial charge on any atom is -0.395 e. The molecule has 6 heteroatoms. The van der Waals surface area contributed by atoms with Gasteiger partial charge >= 0.3 is 6.03 Å². The molecule has 20 heavy (non-hydrogen) atoms. The molecule has 2 N–H and O–H groups in total. The smallest absolute Gasteiger partial charge is 0.317 e. The monoisotopic (exact) mass is 302 g/mol. The number of amides is 2. The van der Waals surface area contributed by atoms with E-state index >= 15 is 0 Å². The summed E-state index contributed by atoms with van der Waals surface area (Å²) in [5.41, 5.74) is 0. The summed E-state index contributed by atoms with van der Waals surface area (Å²) in [7, 11) is -0.788. The van der Waals surface area contributed by atoms with Crippen LogP contribution in [0, 0.1) is 0 Å². The Morgan fingerprint density at radius 3 is 2.90 bits per heavy atom. The zero-order chi connectivity index (χ0) is 15.0. The van der Waals surface area contributed by atoms with Gasteiger partial charge in [-0.3, -0.25) is 4.21 Å². The third kappa shape index (κ3) is 5.25. The van der Waals surface area contributed by atoms with Crippen LogP contribution in [-0.4, -0.2) is 57.0 Å². The van der Waals surface area contributed by atoms with Gasteiger partial charge in [0.25, 0.3) is 0 Å². The molecule has 0 aromatic carbocycles. The molecule has 1 fully saturated rings. The molecule has 0 aromatic heterocycles. The van der Waals surface area contributed by atoms with E-state index in [0.29, 0.717) is 18.8 Å². The lowest BCUT2D eigenvalue weighted by Crippen LogP contribution is -2.48. The Morgan fingerprint density at radius 1 is 1.55 bits per heavy atom. The molecule has 0 spiro atoms. The molecule has 116 valence electrons. The number of nitrogens with one attached hydrogen (secondary N) is 1. The van der Waals surface area contributed by atoms with Crippen molar-refractivity contribution in [3.05, 3.63) is 12.7 Å². The molecule has 0 heterocycles. The van der Waals surface area contributed by atoms with E-state index in [9.17, 15) is 9.00 Å². The molecule has 0 saturated heterocycles. The average molecular weight is 302 g/mol. The molecular weight excluding hydrogens is 276 g/mol. The molecule has 0 aromatic rings. The van der Waals surface area contributed by atoms with Gasteiger partial charge in [0.1, 0.15) is 0 Å². The van der Waals surface area contributed by atoms with Crippen LogP contribution < -0.4 is 5.32 Å². The van der Waals surface area contributed by atoms with Gasteiger partial charge in [-0.1, -0.05) is 19.4 Å². The summed E-state index contributed by atoms with van der Waals surface area (Å²) in [6.07, 6.45) is 5.35. The Kier molecular flexibility index (Phi) is 7.84. The fourth-order valence-corrected chi connectivity index (χ4v) is 3.92. The van der Waals surface area contributed by atoms with Crippen LogP contribution in [0.4, 0.5) is 4.79 Å². The van der Waals surface area contributed by atoms with Gasteiger partial charge in [0.2, 0.25) is 0 Å². The van der Waals surface area contributed by atoms with E-state index in [2.05, 4.69) is 11.9 Å². The lowest BCUT2D eigenvalue weighted by molar-refractivity contribution is 0.177. The van der Waals surface area contributed by atoms with Crippen molar-refractivity contribution in [2.75, 3.05) is 25.4 Å². The van der Waals surface area contributed by atoms with Crippen LogP contribution >= 0.6 is 0 Å². The number of rotatable bonds is 7. The maximum absolute atomic E-state index is 12.1. The van der Waals surface area contributed by atoms with Crippen LogP contribution in [-0.2, 0) is 10.8 Å². The molecule has 3 atom stereocenters. The summed E-state index contributed by atoms with van der Waals surface area (Å²) in [6.45, 7) is 6.21. The van der Waals surface area contributed by atoms with Crippen molar-refractivity contribution in [1.82, 2.24) is 10.2 Å². The van der Waals surface area contributed by atoms with E-state index in [4.69, 9.17) is 5.11 Å². The highest BCUT2D eigenvalue weighted by atomic mass is 32.2. The largest absolute Gasteiger partial charge is 0.395 e. The molecule has 1 rings (SSSR count). The number of nitrogens with zero attached hydrogens (tertiary/aromatic N) is 1. The Balaban J connectivity index is 2.51.